The minimum Gasteiger partial charge on any atom is -0.462 e. The molecule has 0 saturated carbocycles. The molecule has 84 valence electrons. The normalized spacial score (nSPS) is 8.93. The van der Waals surface area contributed by atoms with Gasteiger partial charge in [0, 0.05) is 6.20 Å². The lowest BCUT2D eigenvalue weighted by Gasteiger charge is -2.06. The van der Waals surface area contributed by atoms with Crippen molar-refractivity contribution in [2.24, 2.45) is 0 Å². The van der Waals surface area contributed by atoms with Gasteiger partial charge in [-0.3, -0.25) is 0 Å². The van der Waals surface area contributed by atoms with Gasteiger partial charge in [0.05, 0.1) is 13.2 Å². The highest BCUT2D eigenvalue weighted by molar-refractivity contribution is 6.14. The second-order valence-electron chi connectivity index (χ2n) is 2.39. The van der Waals surface area contributed by atoms with Crippen molar-refractivity contribution in [2.45, 2.75) is 13.8 Å². The summed E-state index contributed by atoms with van der Waals surface area (Å²) in [6.45, 7) is 3.76. The van der Waals surface area contributed by atoms with Crippen LogP contribution in [0.4, 0.5) is 0 Å². The molecule has 7 heteroatoms. The third-order valence-electron chi connectivity index (χ3n) is 1.35. The lowest BCUT2D eigenvalue weighted by Crippen LogP contribution is -2.27. The Morgan fingerprint density at radius 1 is 1.20 bits per heavy atom. The monoisotopic (exact) mass is 230 g/mol. The zero-order valence-electron chi connectivity index (χ0n) is 9.12. The lowest BCUT2D eigenvalue weighted by molar-refractivity contribution is -0.146. The fraction of sp³-hybridized carbons (Fsp3) is 0.500. The Bertz CT molecular complexity index is 235. The number of rotatable bonds is 6. The number of esters is 2. The third-order valence-corrected chi connectivity index (χ3v) is 1.64. The molecule has 6 nitrogen and oxygen atoms in total. The molecule has 0 saturated heterocycles. The number of carbonyl (C=O) groups is 2. The standard InChI is InChI=1S/C8H13N2O4.Al.2H/c1-3-13-7(11)6(5-10-9)8(12)14-4-2;;;/h5,9-10H,3-4H2,1-2H3;;;/q-1;+1;;. The summed E-state index contributed by atoms with van der Waals surface area (Å²) in [6, 6.07) is 0. The Kier molecular flexibility index (Phi) is 7.73. The quantitative estimate of drug-likeness (QED) is 0.146. The van der Waals surface area contributed by atoms with E-state index in [1.807, 2.05) is 0 Å². The van der Waals surface area contributed by atoms with Crippen molar-refractivity contribution < 1.29 is 19.1 Å². The zero-order chi connectivity index (χ0) is 11.7. The molecule has 15 heavy (non-hydrogen) atoms. The largest absolute Gasteiger partial charge is 0.462 e. The van der Waals surface area contributed by atoms with Gasteiger partial charge in [0.15, 0.2) is 5.57 Å². The van der Waals surface area contributed by atoms with Crippen molar-refractivity contribution in [3.63, 3.8) is 0 Å². The molecule has 0 heterocycles. The van der Waals surface area contributed by atoms with Crippen molar-refractivity contribution in [1.82, 2.24) is 9.84 Å². The molecular weight excluding hydrogens is 215 g/mol. The predicted octanol–water partition coefficient (Wildman–Crippen LogP) is -1.36. The van der Waals surface area contributed by atoms with E-state index in [1.165, 1.54) is 6.20 Å². The van der Waals surface area contributed by atoms with E-state index in [2.05, 4.69) is 9.84 Å². The number of nitrogens with one attached hydrogen (secondary N) is 2. The Morgan fingerprint density at radius 2 is 1.67 bits per heavy atom. The van der Waals surface area contributed by atoms with E-state index < -0.39 is 11.9 Å². The summed E-state index contributed by atoms with van der Waals surface area (Å²) in [5, 5.41) is 0. The molecule has 0 fully saturated rings. The maximum Gasteiger partial charge on any atom is 0.347 e. The summed E-state index contributed by atoms with van der Waals surface area (Å²) in [4.78, 5) is 22.6. The van der Waals surface area contributed by atoms with Crippen LogP contribution in [-0.2, 0) is 19.1 Å². The first-order valence-corrected chi connectivity index (χ1v) is 5.64. The number of hydrazine groups is 1. The van der Waals surface area contributed by atoms with Crippen molar-refractivity contribution in [2.75, 3.05) is 13.2 Å². The van der Waals surface area contributed by atoms with Gasteiger partial charge in [-0.05, 0) is 13.8 Å². The molecule has 0 amide bonds. The smallest absolute Gasteiger partial charge is 0.347 e. The molecule has 0 bridgehead atoms. The average molecular weight is 230 g/mol. The Labute approximate surface area is 96.6 Å². The summed E-state index contributed by atoms with van der Waals surface area (Å²) >= 11 is 0.681. The summed E-state index contributed by atoms with van der Waals surface area (Å²) in [6.07, 6.45) is 1.24. The molecule has 0 atom stereocenters. The highest BCUT2D eigenvalue weighted by Gasteiger charge is 2.20. The lowest BCUT2D eigenvalue weighted by atomic mass is 10.3. The Morgan fingerprint density at radius 3 is 2.00 bits per heavy atom. The maximum absolute atomic E-state index is 11.3. The number of hydrogen-bond acceptors (Lipinski definition) is 6. The minimum absolute atomic E-state index is 0.151. The van der Waals surface area contributed by atoms with Gasteiger partial charge in [0.2, 0.25) is 0 Å². The molecule has 0 aromatic carbocycles. The van der Waals surface area contributed by atoms with Crippen LogP contribution in [-0.4, -0.2) is 41.7 Å². The van der Waals surface area contributed by atoms with Gasteiger partial charge >= 0.3 is 28.4 Å². The fourth-order valence-electron chi connectivity index (χ4n) is 0.763. The van der Waals surface area contributed by atoms with Gasteiger partial charge < -0.3 is 19.3 Å². The van der Waals surface area contributed by atoms with Gasteiger partial charge in [0.1, 0.15) is 0 Å². The fourth-order valence-corrected chi connectivity index (χ4v) is 0.908. The van der Waals surface area contributed by atoms with Crippen LogP contribution < -0.4 is 9.84 Å². The zero-order valence-corrected chi connectivity index (χ0v) is 11.1. The topological polar surface area (TPSA) is 76.7 Å². The highest BCUT2D eigenvalue weighted by Crippen LogP contribution is 2.00. The van der Waals surface area contributed by atoms with Crippen LogP contribution in [0.25, 0.3) is 0 Å². The van der Waals surface area contributed by atoms with Crippen molar-refractivity contribution >= 4 is 28.4 Å². The van der Waals surface area contributed by atoms with E-state index in [4.69, 9.17) is 9.47 Å². The molecule has 0 aliphatic rings. The molecule has 2 N–H and O–H groups in total. The van der Waals surface area contributed by atoms with Gasteiger partial charge in [-0.2, -0.15) is 0 Å². The highest BCUT2D eigenvalue weighted by atomic mass is 27.1. The van der Waals surface area contributed by atoms with Gasteiger partial charge in [-0.25, -0.2) is 9.59 Å². The van der Waals surface area contributed by atoms with Crippen LogP contribution in [0.5, 0.6) is 0 Å². The van der Waals surface area contributed by atoms with Crippen LogP contribution in [0.15, 0.2) is 11.8 Å². The van der Waals surface area contributed by atoms with Crippen LogP contribution in [0, 0.1) is 0 Å². The van der Waals surface area contributed by atoms with E-state index in [9.17, 15) is 9.59 Å². The number of carbonyl (C=O) groups excluding carboxylic acids is 2. The molecule has 0 aliphatic heterocycles. The second-order valence-corrected chi connectivity index (χ2v) is 2.89. The summed E-state index contributed by atoms with van der Waals surface area (Å²) < 4.78 is 12.1. The molecule has 0 aromatic heterocycles. The van der Waals surface area contributed by atoms with Gasteiger partial charge in [-0.15, -0.1) is 0 Å². The van der Waals surface area contributed by atoms with E-state index in [-0.39, 0.29) is 18.8 Å². The van der Waals surface area contributed by atoms with Crippen molar-refractivity contribution in [1.29, 1.82) is 0 Å². The van der Waals surface area contributed by atoms with Crippen molar-refractivity contribution in [3.05, 3.63) is 11.8 Å². The first kappa shape index (κ1) is 14.0. The summed E-state index contributed by atoms with van der Waals surface area (Å²) in [7, 11) is 0. The minimum atomic E-state index is -0.694. The second kappa shape index (κ2) is 8.29. The molecule has 0 unspecified atom stereocenters. The predicted molar refractivity (Wildman–Crippen MR) is 56.2 cm³/mol. The van der Waals surface area contributed by atoms with E-state index in [1.54, 1.807) is 13.8 Å². The molecule has 0 spiro atoms. The molecular formula is C8H15AlN2O4. The summed E-state index contributed by atoms with van der Waals surface area (Å²) in [5.74, 6) is -1.39. The van der Waals surface area contributed by atoms with Crippen LogP contribution in [0.3, 0.4) is 0 Å². The molecule has 0 aromatic rings. The number of hydrogen-bond donors (Lipinski definition) is 2. The van der Waals surface area contributed by atoms with Crippen LogP contribution in [0.1, 0.15) is 13.8 Å². The maximum atomic E-state index is 11.3. The first-order valence-electron chi connectivity index (χ1n) is 4.64. The van der Waals surface area contributed by atoms with Crippen LogP contribution in [0.2, 0.25) is 0 Å². The Hall–Kier alpha value is -1.03. The SMILES string of the molecule is CCOC(=O)C(=CN[NH][AlH2])C(=O)OCC. The van der Waals surface area contributed by atoms with Gasteiger partial charge in [-0.1, -0.05) is 0 Å². The number of ether oxygens (including phenoxy) is 2. The molecule has 0 rings (SSSR count). The van der Waals surface area contributed by atoms with E-state index in [0.29, 0.717) is 16.5 Å². The first-order chi connectivity index (χ1) is 7.17. The average Bonchev–Trinajstić information content (AvgIpc) is 2.19. The van der Waals surface area contributed by atoms with Gasteiger partial charge in [0.25, 0.3) is 0 Å². The van der Waals surface area contributed by atoms with E-state index >= 15 is 0 Å². The summed E-state index contributed by atoms with van der Waals surface area (Å²) in [5.41, 5.74) is 2.42. The van der Waals surface area contributed by atoms with Crippen molar-refractivity contribution in [3.8, 4) is 0 Å². The Balaban J connectivity index is 4.57. The molecule has 0 aliphatic carbocycles. The van der Waals surface area contributed by atoms with Crippen LogP contribution >= 0.6 is 0 Å². The molecule has 0 radical (unpaired) electrons. The third kappa shape index (κ3) is 5.42. The van der Waals surface area contributed by atoms with E-state index in [0.717, 1.165) is 0 Å².